The molecule has 0 atom stereocenters. The fourth-order valence-electron chi connectivity index (χ4n) is 1.11. The van der Waals surface area contributed by atoms with E-state index in [0.29, 0.717) is 0 Å². The van der Waals surface area contributed by atoms with Crippen molar-refractivity contribution < 1.29 is 4.42 Å². The van der Waals surface area contributed by atoms with Crippen LogP contribution in [0.2, 0.25) is 0 Å². The third-order valence-electron chi connectivity index (χ3n) is 1.89. The van der Waals surface area contributed by atoms with Crippen LogP contribution in [0.15, 0.2) is 28.9 Å². The first-order valence-electron chi connectivity index (χ1n) is 3.82. The molecule has 2 aromatic heterocycles. The highest BCUT2D eigenvalue weighted by Gasteiger charge is 2.05. The highest BCUT2D eigenvalue weighted by Crippen LogP contribution is 2.18. The molecule has 0 fully saturated rings. The summed E-state index contributed by atoms with van der Waals surface area (Å²) in [5, 5.41) is 4.28. The van der Waals surface area contributed by atoms with Crippen LogP contribution in [0.4, 0.5) is 0 Å². The van der Waals surface area contributed by atoms with Crippen LogP contribution in [0.1, 0.15) is 5.69 Å². The minimum atomic E-state index is 0.818. The fourth-order valence-corrected chi connectivity index (χ4v) is 1.11. The fraction of sp³-hybridized carbons (Fsp3) is 0.222. The van der Waals surface area contributed by atoms with E-state index in [1.54, 1.807) is 6.26 Å². The molecule has 0 bridgehead atoms. The summed E-state index contributed by atoms with van der Waals surface area (Å²) < 4.78 is 7.04. The number of furan rings is 1. The van der Waals surface area contributed by atoms with Gasteiger partial charge in [0.1, 0.15) is 5.69 Å². The molecule has 0 saturated heterocycles. The van der Waals surface area contributed by atoms with Crippen LogP contribution >= 0.6 is 0 Å². The number of aromatic nitrogens is 2. The molecular formula is C9H10N2O. The van der Waals surface area contributed by atoms with Gasteiger partial charge in [-0.3, -0.25) is 4.68 Å². The Morgan fingerprint density at radius 3 is 2.83 bits per heavy atom. The van der Waals surface area contributed by atoms with Gasteiger partial charge in [-0.25, -0.2) is 0 Å². The smallest absolute Gasteiger partial charge is 0.154 e. The maximum Gasteiger partial charge on any atom is 0.154 e. The molecule has 0 radical (unpaired) electrons. The summed E-state index contributed by atoms with van der Waals surface area (Å²) in [6.07, 6.45) is 1.65. The lowest BCUT2D eigenvalue weighted by atomic mass is 10.3. The zero-order chi connectivity index (χ0) is 8.55. The van der Waals surface area contributed by atoms with E-state index in [0.717, 1.165) is 17.1 Å². The third kappa shape index (κ3) is 1.03. The maximum atomic E-state index is 5.21. The molecule has 3 nitrogen and oxygen atoms in total. The average Bonchev–Trinajstić information content (AvgIpc) is 2.61. The Balaban J connectivity index is 2.48. The van der Waals surface area contributed by atoms with E-state index >= 15 is 0 Å². The van der Waals surface area contributed by atoms with Crippen LogP contribution in [0.25, 0.3) is 11.5 Å². The zero-order valence-corrected chi connectivity index (χ0v) is 7.11. The summed E-state index contributed by atoms with van der Waals surface area (Å²) in [5.74, 6) is 0.818. The predicted molar refractivity (Wildman–Crippen MR) is 45.6 cm³/mol. The maximum absolute atomic E-state index is 5.21. The first kappa shape index (κ1) is 7.16. The molecule has 2 aromatic rings. The Hall–Kier alpha value is -1.51. The van der Waals surface area contributed by atoms with Crippen molar-refractivity contribution in [1.82, 2.24) is 9.78 Å². The first-order chi connectivity index (χ1) is 5.77. The minimum Gasteiger partial charge on any atom is -0.463 e. The summed E-state index contributed by atoms with van der Waals surface area (Å²) in [6.45, 7) is 2.01. The number of rotatable bonds is 1. The topological polar surface area (TPSA) is 31.0 Å². The quantitative estimate of drug-likeness (QED) is 0.642. The van der Waals surface area contributed by atoms with Crippen LogP contribution < -0.4 is 0 Å². The SMILES string of the molecule is Cc1cc(-c2ccco2)nn1C. The highest BCUT2D eigenvalue weighted by molar-refractivity contribution is 5.51. The van der Waals surface area contributed by atoms with Crippen molar-refractivity contribution >= 4 is 0 Å². The third-order valence-corrected chi connectivity index (χ3v) is 1.89. The second-order valence-electron chi connectivity index (χ2n) is 2.77. The molecule has 0 aliphatic heterocycles. The highest BCUT2D eigenvalue weighted by atomic mass is 16.3. The van der Waals surface area contributed by atoms with Crippen LogP contribution in [-0.4, -0.2) is 9.78 Å². The monoisotopic (exact) mass is 162 g/mol. The van der Waals surface area contributed by atoms with Gasteiger partial charge in [0.25, 0.3) is 0 Å². The van der Waals surface area contributed by atoms with E-state index in [1.807, 2.05) is 36.9 Å². The van der Waals surface area contributed by atoms with Crippen molar-refractivity contribution in [1.29, 1.82) is 0 Å². The van der Waals surface area contributed by atoms with Crippen molar-refractivity contribution in [3.8, 4) is 11.5 Å². The van der Waals surface area contributed by atoms with Gasteiger partial charge in [0.2, 0.25) is 0 Å². The number of hydrogen-bond donors (Lipinski definition) is 0. The van der Waals surface area contributed by atoms with Crippen LogP contribution in [-0.2, 0) is 7.05 Å². The molecule has 2 rings (SSSR count). The molecule has 0 aliphatic rings. The molecule has 0 aromatic carbocycles. The van der Waals surface area contributed by atoms with Crippen molar-refractivity contribution in [2.24, 2.45) is 7.05 Å². The van der Waals surface area contributed by atoms with Crippen molar-refractivity contribution in [2.75, 3.05) is 0 Å². The van der Waals surface area contributed by atoms with Gasteiger partial charge in [0, 0.05) is 12.7 Å². The van der Waals surface area contributed by atoms with Gasteiger partial charge >= 0.3 is 0 Å². The zero-order valence-electron chi connectivity index (χ0n) is 7.11. The Bertz CT molecular complexity index is 354. The van der Waals surface area contributed by atoms with E-state index in [2.05, 4.69) is 5.10 Å². The standard InChI is InChI=1S/C9H10N2O/c1-7-6-8(10-11(7)2)9-4-3-5-12-9/h3-6H,1-2H3. The minimum absolute atomic E-state index is 0.818. The molecule has 12 heavy (non-hydrogen) atoms. The normalized spacial score (nSPS) is 10.5. The number of hydrogen-bond acceptors (Lipinski definition) is 2. The van der Waals surface area contributed by atoms with E-state index < -0.39 is 0 Å². The lowest BCUT2D eigenvalue weighted by Gasteiger charge is -1.88. The molecular weight excluding hydrogens is 152 g/mol. The molecule has 0 saturated carbocycles. The van der Waals surface area contributed by atoms with Gasteiger partial charge in [-0.05, 0) is 25.1 Å². The second-order valence-corrected chi connectivity index (χ2v) is 2.77. The Morgan fingerprint density at radius 1 is 1.50 bits per heavy atom. The average molecular weight is 162 g/mol. The van der Waals surface area contributed by atoms with Gasteiger partial charge in [-0.1, -0.05) is 0 Å². The summed E-state index contributed by atoms with van der Waals surface area (Å²) in [7, 11) is 1.92. The molecule has 0 aliphatic carbocycles. The molecule has 2 heterocycles. The molecule has 0 N–H and O–H groups in total. The molecule has 0 unspecified atom stereocenters. The van der Waals surface area contributed by atoms with E-state index in [9.17, 15) is 0 Å². The lowest BCUT2D eigenvalue weighted by molar-refractivity contribution is 0.577. The number of nitrogens with zero attached hydrogens (tertiary/aromatic N) is 2. The molecule has 62 valence electrons. The van der Waals surface area contributed by atoms with Gasteiger partial charge in [0.15, 0.2) is 5.76 Å². The second kappa shape index (κ2) is 2.52. The van der Waals surface area contributed by atoms with Gasteiger partial charge < -0.3 is 4.42 Å². The van der Waals surface area contributed by atoms with Crippen molar-refractivity contribution in [3.05, 3.63) is 30.2 Å². The van der Waals surface area contributed by atoms with Gasteiger partial charge in [-0.15, -0.1) is 0 Å². The summed E-state index contributed by atoms with van der Waals surface area (Å²) in [6, 6.07) is 5.76. The number of aryl methyl sites for hydroxylation is 2. The van der Waals surface area contributed by atoms with Gasteiger partial charge in [-0.2, -0.15) is 5.10 Å². The molecule has 3 heteroatoms. The first-order valence-corrected chi connectivity index (χ1v) is 3.82. The van der Waals surface area contributed by atoms with Gasteiger partial charge in [0.05, 0.1) is 6.26 Å². The van der Waals surface area contributed by atoms with E-state index in [4.69, 9.17) is 4.42 Å². The van der Waals surface area contributed by atoms with Crippen molar-refractivity contribution in [3.63, 3.8) is 0 Å². The Morgan fingerprint density at radius 2 is 2.33 bits per heavy atom. The molecule has 0 spiro atoms. The van der Waals surface area contributed by atoms with Crippen molar-refractivity contribution in [2.45, 2.75) is 6.92 Å². The summed E-state index contributed by atoms with van der Waals surface area (Å²) >= 11 is 0. The Labute approximate surface area is 70.6 Å². The predicted octanol–water partition coefficient (Wildman–Crippen LogP) is 1.99. The summed E-state index contributed by atoms with van der Waals surface area (Å²) in [4.78, 5) is 0. The Kier molecular flexibility index (Phi) is 1.50. The molecule has 0 amide bonds. The van der Waals surface area contributed by atoms with E-state index in [1.165, 1.54) is 0 Å². The largest absolute Gasteiger partial charge is 0.463 e. The lowest BCUT2D eigenvalue weighted by Crippen LogP contribution is -1.91. The van der Waals surface area contributed by atoms with E-state index in [-0.39, 0.29) is 0 Å². The van der Waals surface area contributed by atoms with Crippen LogP contribution in [0.3, 0.4) is 0 Å². The summed E-state index contributed by atoms with van der Waals surface area (Å²) in [5.41, 5.74) is 2.02. The van der Waals surface area contributed by atoms with Crippen LogP contribution in [0, 0.1) is 6.92 Å². The van der Waals surface area contributed by atoms with Crippen LogP contribution in [0.5, 0.6) is 0 Å².